The molecule has 1 saturated carbocycles. The van der Waals surface area contributed by atoms with Gasteiger partial charge in [0.25, 0.3) is 0 Å². The van der Waals surface area contributed by atoms with Gasteiger partial charge in [-0.25, -0.2) is 8.42 Å². The van der Waals surface area contributed by atoms with Gasteiger partial charge in [0, 0.05) is 0 Å². The third kappa shape index (κ3) is 3.47. The van der Waals surface area contributed by atoms with E-state index in [1.807, 2.05) is 13.0 Å². The molecule has 0 aromatic heterocycles. The molecule has 0 radical (unpaired) electrons. The van der Waals surface area contributed by atoms with Crippen LogP contribution in [-0.4, -0.2) is 13.7 Å². The summed E-state index contributed by atoms with van der Waals surface area (Å²) in [6, 6.07) is 9.26. The van der Waals surface area contributed by atoms with Crippen LogP contribution < -0.4 is 0 Å². The topological polar surface area (TPSA) is 57.9 Å². The number of sulfone groups is 1. The van der Waals surface area contributed by atoms with Gasteiger partial charge < -0.3 is 0 Å². The molecule has 1 aromatic rings. The van der Waals surface area contributed by atoms with Crippen molar-refractivity contribution in [3.63, 3.8) is 0 Å². The van der Waals surface area contributed by atoms with E-state index in [-0.39, 0.29) is 5.92 Å². The molecule has 0 aliphatic heterocycles. The van der Waals surface area contributed by atoms with Crippen molar-refractivity contribution < 1.29 is 8.42 Å². The average Bonchev–Trinajstić information content (AvgIpc) is 2.47. The summed E-state index contributed by atoms with van der Waals surface area (Å²) < 4.78 is 25.8. The van der Waals surface area contributed by atoms with Gasteiger partial charge in [-0.3, -0.25) is 0 Å². The lowest BCUT2D eigenvalue weighted by atomic mass is 9.80. The number of nitrogens with zero attached hydrogens (tertiary/aromatic N) is 1. The summed E-state index contributed by atoms with van der Waals surface area (Å²) in [4.78, 5) is 0.366. The van der Waals surface area contributed by atoms with Gasteiger partial charge in [0.05, 0.1) is 22.1 Å². The molecule has 0 bridgehead atoms. The monoisotopic (exact) mass is 305 g/mol. The molecule has 114 valence electrons. The van der Waals surface area contributed by atoms with Gasteiger partial charge in [-0.2, -0.15) is 5.26 Å². The van der Waals surface area contributed by atoms with E-state index in [9.17, 15) is 13.7 Å². The summed E-state index contributed by atoms with van der Waals surface area (Å²) in [5.74, 6) is 0.0628. The molecule has 1 fully saturated rings. The Morgan fingerprint density at radius 3 is 2.71 bits per heavy atom. The minimum absolute atomic E-state index is 0.366. The number of aryl methyl sites for hydroxylation is 1. The first-order valence-electron chi connectivity index (χ1n) is 7.69. The average molecular weight is 305 g/mol. The van der Waals surface area contributed by atoms with Crippen LogP contribution in [0.2, 0.25) is 0 Å². The van der Waals surface area contributed by atoms with E-state index in [1.54, 1.807) is 18.2 Å². The molecule has 4 heteroatoms. The maximum atomic E-state index is 12.9. The summed E-state index contributed by atoms with van der Waals surface area (Å²) in [5.41, 5.74) is 0.936. The highest BCUT2D eigenvalue weighted by Gasteiger charge is 2.39. The van der Waals surface area contributed by atoms with Crippen molar-refractivity contribution in [3.8, 4) is 6.07 Å². The van der Waals surface area contributed by atoms with E-state index in [1.165, 1.54) is 0 Å². The third-order valence-electron chi connectivity index (χ3n) is 4.48. The Labute approximate surface area is 127 Å². The fraction of sp³-hybridized carbons (Fsp3) is 0.588. The number of hydrogen-bond donors (Lipinski definition) is 0. The van der Waals surface area contributed by atoms with Gasteiger partial charge in [0.1, 0.15) is 0 Å². The van der Waals surface area contributed by atoms with Gasteiger partial charge in [-0.15, -0.1) is 0 Å². The molecule has 1 aliphatic rings. The van der Waals surface area contributed by atoms with Crippen LogP contribution in [0.4, 0.5) is 0 Å². The lowest BCUT2D eigenvalue weighted by Gasteiger charge is -2.32. The van der Waals surface area contributed by atoms with Crippen LogP contribution >= 0.6 is 0 Å². The minimum Gasteiger partial charge on any atom is -0.223 e. The quantitative estimate of drug-likeness (QED) is 0.848. The Morgan fingerprint density at radius 2 is 2.10 bits per heavy atom. The number of nitriles is 1. The summed E-state index contributed by atoms with van der Waals surface area (Å²) >= 11 is 0. The number of rotatable bonds is 4. The summed E-state index contributed by atoms with van der Waals surface area (Å²) in [5, 5.41) is 8.78. The summed E-state index contributed by atoms with van der Waals surface area (Å²) in [6.07, 6.45) is 4.43. The minimum atomic E-state index is -3.42. The lowest BCUT2D eigenvalue weighted by Crippen LogP contribution is -2.35. The molecule has 0 heterocycles. The molecule has 1 aromatic carbocycles. The highest BCUT2D eigenvalue weighted by atomic mass is 32.2. The van der Waals surface area contributed by atoms with E-state index < -0.39 is 15.1 Å². The molecule has 0 saturated heterocycles. The van der Waals surface area contributed by atoms with Gasteiger partial charge in [-0.1, -0.05) is 31.9 Å². The van der Waals surface area contributed by atoms with Crippen molar-refractivity contribution in [2.45, 2.75) is 56.1 Å². The van der Waals surface area contributed by atoms with Gasteiger partial charge in [0.2, 0.25) is 0 Å². The van der Waals surface area contributed by atoms with Crippen LogP contribution in [0, 0.1) is 30.1 Å². The maximum Gasteiger partial charge on any atom is 0.182 e. The number of hydrogen-bond acceptors (Lipinski definition) is 3. The third-order valence-corrected chi connectivity index (χ3v) is 6.71. The zero-order valence-electron chi connectivity index (χ0n) is 12.7. The summed E-state index contributed by atoms with van der Waals surface area (Å²) in [6.45, 7) is 4.02. The molecule has 2 rings (SSSR count). The Bertz CT molecular complexity index is 630. The zero-order chi connectivity index (χ0) is 15.5. The van der Waals surface area contributed by atoms with Crippen LogP contribution in [0.3, 0.4) is 0 Å². The zero-order valence-corrected chi connectivity index (χ0v) is 13.6. The fourth-order valence-corrected chi connectivity index (χ4v) is 5.46. The molecule has 1 aliphatic carbocycles. The van der Waals surface area contributed by atoms with Gasteiger partial charge in [-0.05, 0) is 49.8 Å². The van der Waals surface area contributed by atoms with E-state index >= 15 is 0 Å². The van der Waals surface area contributed by atoms with E-state index in [0.29, 0.717) is 23.7 Å². The SMILES string of the molecule is CCCC1CCC(C#N)C(S(=O)(=O)c2cccc(C)c2)C1. The van der Waals surface area contributed by atoms with Gasteiger partial charge in [0.15, 0.2) is 9.84 Å². The van der Waals surface area contributed by atoms with Crippen LogP contribution in [-0.2, 0) is 9.84 Å². The van der Waals surface area contributed by atoms with Crippen molar-refractivity contribution in [1.82, 2.24) is 0 Å². The van der Waals surface area contributed by atoms with E-state index in [4.69, 9.17) is 0 Å². The fourth-order valence-electron chi connectivity index (χ4n) is 3.34. The van der Waals surface area contributed by atoms with Crippen LogP contribution in [0.1, 0.15) is 44.6 Å². The Kier molecular flexibility index (Phi) is 5.05. The van der Waals surface area contributed by atoms with Crippen molar-refractivity contribution in [1.29, 1.82) is 5.26 Å². The van der Waals surface area contributed by atoms with Crippen LogP contribution in [0.5, 0.6) is 0 Å². The normalized spacial score (nSPS) is 26.2. The standard InChI is InChI=1S/C17H23NO2S/c1-3-5-14-8-9-15(12-18)17(11-14)21(19,20)16-7-4-6-13(2)10-16/h4,6-7,10,14-15,17H,3,5,8-9,11H2,1-2H3. The van der Waals surface area contributed by atoms with Crippen LogP contribution in [0.25, 0.3) is 0 Å². The predicted octanol–water partition coefficient (Wildman–Crippen LogP) is 3.88. The molecule has 0 N–H and O–H groups in total. The smallest absolute Gasteiger partial charge is 0.182 e. The molecule has 3 unspecified atom stereocenters. The first-order valence-corrected chi connectivity index (χ1v) is 9.23. The van der Waals surface area contributed by atoms with Crippen molar-refractivity contribution in [3.05, 3.63) is 29.8 Å². The second-order valence-electron chi connectivity index (χ2n) is 6.10. The maximum absolute atomic E-state index is 12.9. The molecule has 3 atom stereocenters. The largest absolute Gasteiger partial charge is 0.223 e. The first-order chi connectivity index (χ1) is 9.98. The Morgan fingerprint density at radius 1 is 1.33 bits per heavy atom. The number of benzene rings is 1. The lowest BCUT2D eigenvalue weighted by molar-refractivity contribution is 0.299. The first kappa shape index (κ1) is 16.0. The van der Waals surface area contributed by atoms with Gasteiger partial charge >= 0.3 is 0 Å². The highest BCUT2D eigenvalue weighted by molar-refractivity contribution is 7.92. The van der Waals surface area contributed by atoms with Crippen molar-refractivity contribution in [2.75, 3.05) is 0 Å². The molecule has 3 nitrogen and oxygen atoms in total. The second kappa shape index (κ2) is 6.62. The van der Waals surface area contributed by atoms with E-state index in [0.717, 1.165) is 24.8 Å². The molecule has 0 amide bonds. The van der Waals surface area contributed by atoms with Crippen molar-refractivity contribution >= 4 is 9.84 Å². The van der Waals surface area contributed by atoms with Crippen molar-refractivity contribution in [2.24, 2.45) is 11.8 Å². The highest BCUT2D eigenvalue weighted by Crippen LogP contribution is 2.37. The molecular weight excluding hydrogens is 282 g/mol. The second-order valence-corrected chi connectivity index (χ2v) is 8.27. The predicted molar refractivity (Wildman–Crippen MR) is 83.5 cm³/mol. The van der Waals surface area contributed by atoms with Crippen LogP contribution in [0.15, 0.2) is 29.2 Å². The Hall–Kier alpha value is -1.34. The molecule has 0 spiro atoms. The Balaban J connectivity index is 2.33. The summed E-state index contributed by atoms with van der Waals surface area (Å²) in [7, 11) is -3.42. The molecule has 21 heavy (non-hydrogen) atoms. The van der Waals surface area contributed by atoms with E-state index in [2.05, 4.69) is 13.0 Å². The molecular formula is C17H23NO2S.